The van der Waals surface area contributed by atoms with Gasteiger partial charge >= 0.3 is 5.97 Å². The number of aliphatic imine (C=N–C) groups is 1. The lowest BCUT2D eigenvalue weighted by Crippen LogP contribution is -2.39. The second-order valence-corrected chi connectivity index (χ2v) is 11.2. The third kappa shape index (κ3) is 5.96. The largest absolute Gasteiger partial charge is 0.463 e. The summed E-state index contributed by atoms with van der Waals surface area (Å²) in [6.45, 7) is 1.24. The average molecular weight is 624 g/mol. The molecule has 1 aliphatic rings. The number of amidine groups is 1. The zero-order chi connectivity index (χ0) is 27.4. The Labute approximate surface area is 228 Å². The summed E-state index contributed by atoms with van der Waals surface area (Å²) in [7, 11) is -4.24. The van der Waals surface area contributed by atoms with Crippen LogP contribution in [0.25, 0.3) is 0 Å². The quantitative estimate of drug-likeness (QED) is 0.207. The first-order chi connectivity index (χ1) is 18.1. The van der Waals surface area contributed by atoms with E-state index in [-0.39, 0.29) is 28.6 Å². The summed E-state index contributed by atoms with van der Waals surface area (Å²) in [6, 6.07) is 7.47. The fourth-order valence-electron chi connectivity index (χ4n) is 3.60. The molecule has 0 spiro atoms. The lowest BCUT2D eigenvalue weighted by Gasteiger charge is -2.27. The molecule has 198 valence electrons. The molecule has 2 aromatic carbocycles. The number of benzene rings is 2. The third-order valence-corrected chi connectivity index (χ3v) is 8.16. The molecule has 11 nitrogen and oxygen atoms in total. The van der Waals surface area contributed by atoms with Crippen LogP contribution >= 0.6 is 27.3 Å². The number of hydrogen-bond acceptors (Lipinski definition) is 10. The first-order valence-electron chi connectivity index (χ1n) is 10.9. The normalized spacial score (nSPS) is 15.6. The number of ether oxygens (including phenoxy) is 1. The van der Waals surface area contributed by atoms with Crippen molar-refractivity contribution in [3.63, 3.8) is 0 Å². The molecule has 0 saturated carbocycles. The minimum absolute atomic E-state index is 0.00112. The zero-order valence-corrected chi connectivity index (χ0v) is 22.8. The molecule has 1 unspecified atom stereocenters. The Balaban J connectivity index is 1.79. The van der Waals surface area contributed by atoms with Gasteiger partial charge in [-0.3, -0.25) is 15.1 Å². The van der Waals surface area contributed by atoms with Gasteiger partial charge in [-0.25, -0.2) is 27.3 Å². The summed E-state index contributed by atoms with van der Waals surface area (Å²) >= 11 is 4.59. The summed E-state index contributed by atoms with van der Waals surface area (Å²) in [5.74, 6) is -1.00. The van der Waals surface area contributed by atoms with E-state index >= 15 is 0 Å². The maximum atomic E-state index is 13.9. The van der Waals surface area contributed by atoms with Crippen LogP contribution in [0.3, 0.4) is 0 Å². The lowest BCUT2D eigenvalue weighted by atomic mass is 9.95. The van der Waals surface area contributed by atoms with E-state index in [1.807, 2.05) is 0 Å². The van der Waals surface area contributed by atoms with Crippen molar-refractivity contribution in [2.75, 3.05) is 13.2 Å². The van der Waals surface area contributed by atoms with Gasteiger partial charge in [0.25, 0.3) is 5.69 Å². The SMILES string of the molecule is CCOC(=O)C1=C(CNS(=O)(=O)c2cccc([N+](=O)[O-])c2)NC(c2nccs2)=NC1c1ccc(F)cc1Br. The minimum Gasteiger partial charge on any atom is -0.463 e. The topological polar surface area (TPSA) is 153 Å². The Morgan fingerprint density at radius 3 is 2.76 bits per heavy atom. The first-order valence-corrected chi connectivity index (χ1v) is 14.1. The highest BCUT2D eigenvalue weighted by Gasteiger charge is 2.34. The lowest BCUT2D eigenvalue weighted by molar-refractivity contribution is -0.385. The van der Waals surface area contributed by atoms with Crippen molar-refractivity contribution in [1.29, 1.82) is 0 Å². The number of aromatic nitrogens is 1. The molecule has 0 bridgehead atoms. The molecule has 1 aliphatic heterocycles. The molecule has 0 amide bonds. The maximum absolute atomic E-state index is 13.9. The van der Waals surface area contributed by atoms with Crippen molar-refractivity contribution in [3.05, 3.63) is 96.3 Å². The molecular weight excluding hydrogens is 605 g/mol. The number of carbonyl (C=O) groups excluding carboxylic acids is 1. The van der Waals surface area contributed by atoms with E-state index in [2.05, 4.69) is 35.9 Å². The summed E-state index contributed by atoms with van der Waals surface area (Å²) in [4.78, 5) is 32.1. The van der Waals surface area contributed by atoms with Crippen LogP contribution in [0.5, 0.6) is 0 Å². The average Bonchev–Trinajstić information content (AvgIpc) is 3.42. The Bertz CT molecular complexity index is 1560. The number of nitro groups is 1. The highest BCUT2D eigenvalue weighted by molar-refractivity contribution is 9.10. The Hall–Kier alpha value is -3.53. The van der Waals surface area contributed by atoms with Gasteiger partial charge in [0.05, 0.1) is 28.5 Å². The predicted molar refractivity (Wildman–Crippen MR) is 141 cm³/mol. The summed E-state index contributed by atoms with van der Waals surface area (Å²) in [5.41, 5.74) is 0.165. The number of carbonyl (C=O) groups is 1. The van der Waals surface area contributed by atoms with Gasteiger partial charge in [0.1, 0.15) is 11.9 Å². The summed E-state index contributed by atoms with van der Waals surface area (Å²) < 4.78 is 47.8. The van der Waals surface area contributed by atoms with Gasteiger partial charge in [-0.2, -0.15) is 0 Å². The standard InChI is InChI=1S/C23H19BrFN5O6S2/c1-2-36-23(31)19-18(12-27-38(34,35)15-5-3-4-14(11-15)30(32)33)28-21(22-26-8-9-37-22)29-20(19)16-7-6-13(25)10-17(16)24/h3-11,20,27H,2,12H2,1H3,(H,28,29). The van der Waals surface area contributed by atoms with Crippen molar-refractivity contribution < 1.29 is 27.3 Å². The van der Waals surface area contributed by atoms with Gasteiger partial charge in [-0.05, 0) is 30.7 Å². The molecule has 3 aromatic rings. The summed E-state index contributed by atoms with van der Waals surface area (Å²) in [5, 5.41) is 16.3. The van der Waals surface area contributed by atoms with Crippen LogP contribution in [0.2, 0.25) is 0 Å². The molecule has 2 N–H and O–H groups in total. The van der Waals surface area contributed by atoms with E-state index in [9.17, 15) is 27.7 Å². The number of non-ortho nitro benzene ring substituents is 1. The number of halogens is 2. The molecule has 2 heterocycles. The maximum Gasteiger partial charge on any atom is 0.338 e. The molecular formula is C23H19BrFN5O6S2. The molecule has 0 fully saturated rings. The van der Waals surface area contributed by atoms with Crippen LogP contribution in [0.15, 0.2) is 79.7 Å². The number of esters is 1. The van der Waals surface area contributed by atoms with Gasteiger partial charge in [0.2, 0.25) is 10.0 Å². The predicted octanol–water partition coefficient (Wildman–Crippen LogP) is 3.84. The van der Waals surface area contributed by atoms with E-state index in [1.54, 1.807) is 18.5 Å². The van der Waals surface area contributed by atoms with Crippen molar-refractivity contribution in [3.8, 4) is 0 Å². The van der Waals surface area contributed by atoms with Crippen LogP contribution in [0.1, 0.15) is 23.5 Å². The molecule has 1 aromatic heterocycles. The fraction of sp³-hybridized carbons (Fsp3) is 0.174. The van der Waals surface area contributed by atoms with Crippen LogP contribution < -0.4 is 10.0 Å². The van der Waals surface area contributed by atoms with Gasteiger partial charge < -0.3 is 10.1 Å². The molecule has 0 saturated heterocycles. The van der Waals surface area contributed by atoms with E-state index in [0.29, 0.717) is 15.0 Å². The number of rotatable bonds is 9. The second kappa shape index (κ2) is 11.5. The van der Waals surface area contributed by atoms with Crippen molar-refractivity contribution in [1.82, 2.24) is 15.0 Å². The van der Waals surface area contributed by atoms with Crippen molar-refractivity contribution in [2.24, 2.45) is 4.99 Å². The third-order valence-electron chi connectivity index (χ3n) is 5.29. The smallest absolute Gasteiger partial charge is 0.338 e. The fourth-order valence-corrected chi connectivity index (χ4v) is 5.79. The summed E-state index contributed by atoms with van der Waals surface area (Å²) in [6.07, 6.45) is 1.56. The second-order valence-electron chi connectivity index (χ2n) is 7.70. The van der Waals surface area contributed by atoms with Gasteiger partial charge in [-0.1, -0.05) is 28.1 Å². The van der Waals surface area contributed by atoms with Gasteiger partial charge in [0.15, 0.2) is 10.8 Å². The number of nitrogens with zero attached hydrogens (tertiary/aromatic N) is 3. The number of nitro benzene ring substituents is 1. The first kappa shape index (κ1) is 27.5. The Kier molecular flexibility index (Phi) is 8.30. The monoisotopic (exact) mass is 623 g/mol. The van der Waals surface area contributed by atoms with E-state index in [1.165, 1.54) is 47.7 Å². The van der Waals surface area contributed by atoms with Gasteiger partial charge in [0, 0.05) is 33.9 Å². The zero-order valence-electron chi connectivity index (χ0n) is 19.6. The van der Waals surface area contributed by atoms with Crippen molar-refractivity contribution >= 4 is 54.8 Å². The van der Waals surface area contributed by atoms with E-state index in [0.717, 1.165) is 6.07 Å². The molecule has 0 radical (unpaired) electrons. The van der Waals surface area contributed by atoms with Gasteiger partial charge in [-0.15, -0.1) is 11.3 Å². The van der Waals surface area contributed by atoms with Crippen LogP contribution in [0, 0.1) is 15.9 Å². The van der Waals surface area contributed by atoms with E-state index < -0.39 is 45.0 Å². The van der Waals surface area contributed by atoms with Crippen LogP contribution in [0.4, 0.5) is 10.1 Å². The number of thiazole rings is 1. The Morgan fingerprint density at radius 2 is 2.11 bits per heavy atom. The van der Waals surface area contributed by atoms with Crippen molar-refractivity contribution in [2.45, 2.75) is 17.9 Å². The molecule has 4 rings (SSSR count). The molecule has 15 heteroatoms. The Morgan fingerprint density at radius 1 is 1.32 bits per heavy atom. The van der Waals surface area contributed by atoms with Crippen LogP contribution in [-0.4, -0.2) is 43.3 Å². The molecule has 38 heavy (non-hydrogen) atoms. The number of nitrogens with one attached hydrogen (secondary N) is 2. The molecule has 1 atom stereocenters. The number of hydrogen-bond donors (Lipinski definition) is 2. The minimum atomic E-state index is -4.24. The molecule has 0 aliphatic carbocycles. The highest BCUT2D eigenvalue weighted by Crippen LogP contribution is 2.36. The highest BCUT2D eigenvalue weighted by atomic mass is 79.9. The number of sulfonamides is 1. The van der Waals surface area contributed by atoms with Crippen LogP contribution in [-0.2, 0) is 19.6 Å². The van der Waals surface area contributed by atoms with E-state index in [4.69, 9.17) is 4.74 Å².